The molecule has 1 aliphatic rings. The maximum absolute atomic E-state index is 12.6. The number of carboxylic acids is 1. The van der Waals surface area contributed by atoms with E-state index in [2.05, 4.69) is 6.92 Å². The lowest BCUT2D eigenvalue weighted by atomic mass is 9.76. The molecule has 1 atom stereocenters. The molecule has 1 aromatic carbocycles. The number of carbonyl (C=O) groups is 2. The van der Waals surface area contributed by atoms with Gasteiger partial charge in [0.1, 0.15) is 0 Å². The van der Waals surface area contributed by atoms with E-state index in [0.717, 1.165) is 11.5 Å². The van der Waals surface area contributed by atoms with E-state index in [4.69, 9.17) is 0 Å². The second-order valence-electron chi connectivity index (χ2n) is 6.43. The van der Waals surface area contributed by atoms with E-state index in [1.54, 1.807) is 4.90 Å². The molecule has 0 aliphatic carbocycles. The quantitative estimate of drug-likeness (QED) is 0.864. The van der Waals surface area contributed by atoms with Crippen LogP contribution in [0.4, 0.5) is 0 Å². The molecule has 1 aromatic rings. The molecule has 4 nitrogen and oxygen atoms in total. The normalized spacial score (nSPS) is 21.0. The summed E-state index contributed by atoms with van der Waals surface area (Å²) in [4.78, 5) is 26.0. The van der Waals surface area contributed by atoms with Crippen molar-refractivity contribution in [2.45, 2.75) is 32.9 Å². The molecule has 1 unspecified atom stereocenters. The molecular formula is C18H25NO3S. The van der Waals surface area contributed by atoms with Crippen molar-refractivity contribution in [2.24, 2.45) is 11.3 Å². The summed E-state index contributed by atoms with van der Waals surface area (Å²) in [5.41, 5.74) is 1.03. The Balaban J connectivity index is 2.08. The number of thioether (sulfide) groups is 1. The first-order valence-corrected chi connectivity index (χ1v) is 9.25. The van der Waals surface area contributed by atoms with Gasteiger partial charge in [0, 0.05) is 24.4 Å². The van der Waals surface area contributed by atoms with Crippen LogP contribution in [0.5, 0.6) is 0 Å². The highest BCUT2D eigenvalue weighted by Gasteiger charge is 2.48. The topological polar surface area (TPSA) is 57.6 Å². The summed E-state index contributed by atoms with van der Waals surface area (Å²) in [5, 5.41) is 9.58. The Morgan fingerprint density at radius 1 is 1.30 bits per heavy atom. The summed E-state index contributed by atoms with van der Waals surface area (Å²) >= 11 is 1.85. The first kappa shape index (κ1) is 17.9. The second-order valence-corrected chi connectivity index (χ2v) is 7.70. The first-order valence-electron chi connectivity index (χ1n) is 8.10. The van der Waals surface area contributed by atoms with Gasteiger partial charge in [-0.1, -0.05) is 32.9 Å². The predicted octanol–water partition coefficient (Wildman–Crippen LogP) is 3.51. The molecule has 1 aliphatic heterocycles. The summed E-state index contributed by atoms with van der Waals surface area (Å²) < 4.78 is 0. The summed E-state index contributed by atoms with van der Waals surface area (Å²) in [6.07, 6.45) is 0.525. The molecule has 0 bridgehead atoms. The lowest BCUT2D eigenvalue weighted by Crippen LogP contribution is -2.40. The van der Waals surface area contributed by atoms with Gasteiger partial charge in [0.2, 0.25) is 0 Å². The molecule has 1 N–H and O–H groups in total. The third kappa shape index (κ3) is 3.71. The van der Waals surface area contributed by atoms with Gasteiger partial charge in [-0.15, -0.1) is 0 Å². The van der Waals surface area contributed by atoms with Crippen LogP contribution < -0.4 is 0 Å². The zero-order valence-electron chi connectivity index (χ0n) is 14.0. The zero-order valence-corrected chi connectivity index (χ0v) is 14.9. The number of aliphatic carboxylic acids is 1. The van der Waals surface area contributed by atoms with Gasteiger partial charge in [0.15, 0.2) is 0 Å². The molecule has 1 fully saturated rings. The molecule has 1 heterocycles. The lowest BCUT2D eigenvalue weighted by Gasteiger charge is -2.28. The van der Waals surface area contributed by atoms with Gasteiger partial charge >= 0.3 is 5.97 Å². The zero-order chi connectivity index (χ0) is 17.0. The predicted molar refractivity (Wildman–Crippen MR) is 93.7 cm³/mol. The Hall–Kier alpha value is -1.49. The highest BCUT2D eigenvalue weighted by atomic mass is 32.2. The Morgan fingerprint density at radius 3 is 2.43 bits per heavy atom. The number of carbonyl (C=O) groups excluding carboxylic acids is 1. The number of benzene rings is 1. The third-order valence-corrected chi connectivity index (χ3v) is 5.74. The van der Waals surface area contributed by atoms with Gasteiger partial charge in [-0.05, 0) is 35.8 Å². The van der Waals surface area contributed by atoms with E-state index < -0.39 is 11.4 Å². The van der Waals surface area contributed by atoms with Crippen LogP contribution in [-0.4, -0.2) is 40.7 Å². The number of amides is 1. The molecule has 2 rings (SSSR count). The van der Waals surface area contributed by atoms with E-state index in [1.165, 1.54) is 5.56 Å². The minimum absolute atomic E-state index is 0.00578. The van der Waals surface area contributed by atoms with E-state index in [1.807, 2.05) is 49.9 Å². The number of likely N-dealkylation sites (tertiary alicyclic amines) is 1. The minimum atomic E-state index is -0.812. The van der Waals surface area contributed by atoms with Crippen molar-refractivity contribution in [1.82, 2.24) is 4.90 Å². The number of hydrogen-bond donors (Lipinski definition) is 1. The van der Waals surface area contributed by atoms with Crippen LogP contribution >= 0.6 is 11.8 Å². The van der Waals surface area contributed by atoms with E-state index in [0.29, 0.717) is 25.1 Å². The van der Waals surface area contributed by atoms with Crippen LogP contribution in [0, 0.1) is 11.3 Å². The monoisotopic (exact) mass is 335 g/mol. The van der Waals surface area contributed by atoms with Crippen LogP contribution in [0.2, 0.25) is 0 Å². The van der Waals surface area contributed by atoms with Gasteiger partial charge in [0.05, 0.1) is 5.41 Å². The summed E-state index contributed by atoms with van der Waals surface area (Å²) in [6, 6.07) is 7.67. The average Bonchev–Trinajstić information content (AvgIpc) is 2.99. The van der Waals surface area contributed by atoms with Gasteiger partial charge in [-0.2, -0.15) is 11.8 Å². The fraction of sp³-hybridized carbons (Fsp3) is 0.556. The number of rotatable bonds is 6. The standard InChI is InChI=1S/C18H25NO3S/c1-4-23-11-14-5-7-15(8-6-14)16(20)19-10-9-18(12-19,13(2)3)17(21)22/h5-8,13H,4,9-12H2,1-3H3,(H,21,22). The SMILES string of the molecule is CCSCc1ccc(C(=O)N2CCC(C(=O)O)(C(C)C)C2)cc1. The molecule has 0 saturated carbocycles. The fourth-order valence-electron chi connectivity index (χ4n) is 3.05. The second kappa shape index (κ2) is 7.39. The number of hydrogen-bond acceptors (Lipinski definition) is 3. The number of nitrogens with zero attached hydrogens (tertiary/aromatic N) is 1. The van der Waals surface area contributed by atoms with E-state index in [-0.39, 0.29) is 11.8 Å². The minimum Gasteiger partial charge on any atom is -0.481 e. The Labute approximate surface area is 142 Å². The summed E-state index contributed by atoms with van der Waals surface area (Å²) in [7, 11) is 0. The Kier molecular flexibility index (Phi) is 5.74. The van der Waals surface area contributed by atoms with Crippen molar-refractivity contribution < 1.29 is 14.7 Å². The van der Waals surface area contributed by atoms with E-state index in [9.17, 15) is 14.7 Å². The van der Waals surface area contributed by atoms with Gasteiger partial charge in [-0.3, -0.25) is 9.59 Å². The molecule has 0 aromatic heterocycles. The van der Waals surface area contributed by atoms with Crippen LogP contribution in [0.25, 0.3) is 0 Å². The van der Waals surface area contributed by atoms with Crippen molar-refractivity contribution >= 4 is 23.6 Å². The van der Waals surface area contributed by atoms with Crippen molar-refractivity contribution in [1.29, 1.82) is 0 Å². The Bertz CT molecular complexity index is 570. The molecular weight excluding hydrogens is 310 g/mol. The highest BCUT2D eigenvalue weighted by Crippen LogP contribution is 2.38. The molecule has 5 heteroatoms. The van der Waals surface area contributed by atoms with Crippen molar-refractivity contribution in [3.63, 3.8) is 0 Å². The molecule has 126 valence electrons. The Morgan fingerprint density at radius 2 is 1.96 bits per heavy atom. The highest BCUT2D eigenvalue weighted by molar-refractivity contribution is 7.98. The largest absolute Gasteiger partial charge is 0.481 e. The fourth-order valence-corrected chi connectivity index (χ4v) is 3.68. The summed E-state index contributed by atoms with van der Waals surface area (Å²) in [6.45, 7) is 6.77. The van der Waals surface area contributed by atoms with Gasteiger partial charge < -0.3 is 10.0 Å². The van der Waals surface area contributed by atoms with Crippen molar-refractivity contribution in [2.75, 3.05) is 18.8 Å². The third-order valence-electron chi connectivity index (χ3n) is 4.79. The summed E-state index contributed by atoms with van der Waals surface area (Å²) in [5.74, 6) is 1.16. The molecule has 0 radical (unpaired) electrons. The maximum Gasteiger partial charge on any atom is 0.311 e. The molecule has 0 spiro atoms. The van der Waals surface area contributed by atoms with Crippen LogP contribution in [0.1, 0.15) is 43.1 Å². The van der Waals surface area contributed by atoms with Crippen LogP contribution in [0.3, 0.4) is 0 Å². The van der Waals surface area contributed by atoms with E-state index >= 15 is 0 Å². The van der Waals surface area contributed by atoms with Crippen molar-refractivity contribution in [3.8, 4) is 0 Å². The van der Waals surface area contributed by atoms with Gasteiger partial charge in [-0.25, -0.2) is 0 Å². The smallest absolute Gasteiger partial charge is 0.311 e. The molecule has 23 heavy (non-hydrogen) atoms. The number of carboxylic acid groups (broad SMARTS) is 1. The van der Waals surface area contributed by atoms with Crippen molar-refractivity contribution in [3.05, 3.63) is 35.4 Å². The molecule has 1 amide bonds. The van der Waals surface area contributed by atoms with Crippen LogP contribution in [0.15, 0.2) is 24.3 Å². The average molecular weight is 335 g/mol. The first-order chi connectivity index (χ1) is 10.9. The lowest BCUT2D eigenvalue weighted by molar-refractivity contribution is -0.150. The van der Waals surface area contributed by atoms with Gasteiger partial charge in [0.25, 0.3) is 5.91 Å². The molecule has 1 saturated heterocycles. The maximum atomic E-state index is 12.6. The van der Waals surface area contributed by atoms with Crippen LogP contribution in [-0.2, 0) is 10.5 Å².